The predicted octanol–water partition coefficient (Wildman–Crippen LogP) is 6.30. The Morgan fingerprint density at radius 2 is 1.52 bits per heavy atom. The molecular weight excluding hydrogens is 621 g/mol. The number of nitrogens with zero attached hydrogens (tertiary/aromatic N) is 1. The van der Waals surface area contributed by atoms with Gasteiger partial charge in [-0.3, -0.25) is 0 Å². The topological polar surface area (TPSA) is 112 Å². The predicted molar refractivity (Wildman–Crippen MR) is 177 cm³/mol. The molecule has 8 nitrogen and oxygen atoms in total. The highest BCUT2D eigenvalue weighted by Crippen LogP contribution is 2.40. The van der Waals surface area contributed by atoms with E-state index in [4.69, 9.17) is 9.47 Å². The molecule has 2 N–H and O–H groups in total. The van der Waals surface area contributed by atoms with Crippen LogP contribution in [0, 0.1) is 5.21 Å². The second-order valence-electron chi connectivity index (χ2n) is 10.9. The summed E-state index contributed by atoms with van der Waals surface area (Å²) in [6.45, 7) is 0.113. The lowest BCUT2D eigenvalue weighted by Crippen LogP contribution is -2.32. The van der Waals surface area contributed by atoms with Crippen LogP contribution in [0.3, 0.4) is 0 Å². The number of hydrogen-bond donors (Lipinski definition) is 2. The second-order valence-corrected chi connectivity index (χ2v) is 13.7. The molecule has 46 heavy (non-hydrogen) atoms. The van der Waals surface area contributed by atoms with Crippen LogP contribution in [0.5, 0.6) is 0 Å². The maximum Gasteiger partial charge on any atom is 0.251 e. The van der Waals surface area contributed by atoms with Gasteiger partial charge in [-0.25, -0.2) is 13.1 Å². The lowest BCUT2D eigenvalue weighted by atomic mass is 9.98. The van der Waals surface area contributed by atoms with Crippen LogP contribution in [0.1, 0.15) is 41.1 Å². The Balaban J connectivity index is 1.20. The van der Waals surface area contributed by atoms with Crippen molar-refractivity contribution >= 4 is 21.8 Å². The lowest BCUT2D eigenvalue weighted by Gasteiger charge is -2.36. The third-order valence-electron chi connectivity index (χ3n) is 7.84. The van der Waals surface area contributed by atoms with E-state index in [0.29, 0.717) is 17.2 Å². The molecule has 5 aromatic rings. The van der Waals surface area contributed by atoms with E-state index < -0.39 is 16.3 Å². The Morgan fingerprint density at radius 1 is 0.826 bits per heavy atom. The quantitative estimate of drug-likeness (QED) is 0.0978. The largest absolute Gasteiger partial charge is 0.618 e. The van der Waals surface area contributed by atoms with Gasteiger partial charge in [-0.2, -0.15) is 4.73 Å². The first kappa shape index (κ1) is 31.9. The van der Waals surface area contributed by atoms with Gasteiger partial charge >= 0.3 is 0 Å². The summed E-state index contributed by atoms with van der Waals surface area (Å²) in [4.78, 5) is 0.222. The van der Waals surface area contributed by atoms with Crippen molar-refractivity contribution in [1.29, 1.82) is 0 Å². The molecule has 236 valence electrons. The molecule has 0 spiro atoms. The van der Waals surface area contributed by atoms with E-state index in [0.717, 1.165) is 38.1 Å². The van der Waals surface area contributed by atoms with Crippen LogP contribution in [0.2, 0.25) is 0 Å². The van der Waals surface area contributed by atoms with Gasteiger partial charge in [0.2, 0.25) is 10.0 Å². The number of hydrogen-bond acceptors (Lipinski definition) is 7. The molecule has 4 aromatic carbocycles. The Kier molecular flexibility index (Phi) is 10.1. The third kappa shape index (κ3) is 7.67. The van der Waals surface area contributed by atoms with Gasteiger partial charge < -0.3 is 19.8 Å². The van der Waals surface area contributed by atoms with Crippen molar-refractivity contribution in [3.8, 4) is 11.1 Å². The van der Waals surface area contributed by atoms with Gasteiger partial charge in [0, 0.05) is 36.4 Å². The normalized spacial score (nSPS) is 18.3. The fraction of sp³-hybridized carbons (Fsp3) is 0.194. The summed E-state index contributed by atoms with van der Waals surface area (Å²) in [5.41, 5.74) is 5.35. The molecule has 1 fully saturated rings. The number of sulfonamides is 1. The standard InChI is InChI=1S/C36H34N2O6S2/c39-24-26-13-15-28(16-14-26)34-22-31(25-45-35-12-6-7-21-38(35)40)43-36(44-34)29-19-17-27(18-20-29)33-11-5-4-8-30(33)23-37-46(41,42)32-9-2-1-3-10-32/h1-21,31,34,36-37,39H,22-25H2/t31-,34+,36+/m1/s1. The van der Waals surface area contributed by atoms with Crippen LogP contribution in [0.4, 0.5) is 0 Å². The Bertz CT molecular complexity index is 1850. The molecule has 0 unspecified atom stereocenters. The second kappa shape index (κ2) is 14.6. The van der Waals surface area contributed by atoms with Gasteiger partial charge in [0.05, 0.1) is 23.7 Å². The highest BCUT2D eigenvalue weighted by molar-refractivity contribution is 7.99. The summed E-state index contributed by atoms with van der Waals surface area (Å²) in [5, 5.41) is 22.3. The number of thioether (sulfide) groups is 1. The zero-order valence-electron chi connectivity index (χ0n) is 24.9. The number of aliphatic hydroxyl groups excluding tert-OH is 1. The van der Waals surface area contributed by atoms with E-state index in [1.165, 1.54) is 18.0 Å². The monoisotopic (exact) mass is 654 g/mol. The van der Waals surface area contributed by atoms with Crippen molar-refractivity contribution in [2.45, 2.75) is 48.0 Å². The summed E-state index contributed by atoms with van der Waals surface area (Å²) in [6, 6.07) is 37.0. The zero-order valence-corrected chi connectivity index (χ0v) is 26.6. The smallest absolute Gasteiger partial charge is 0.251 e. The molecule has 3 atom stereocenters. The number of nitrogens with one attached hydrogen (secondary N) is 1. The molecule has 0 amide bonds. The minimum atomic E-state index is -3.66. The van der Waals surface area contributed by atoms with E-state index in [1.807, 2.05) is 78.9 Å². The zero-order chi connectivity index (χ0) is 31.9. The highest BCUT2D eigenvalue weighted by atomic mass is 32.2. The molecule has 0 saturated carbocycles. The lowest BCUT2D eigenvalue weighted by molar-refractivity contribution is -0.645. The van der Waals surface area contributed by atoms with Gasteiger partial charge in [-0.15, -0.1) is 0 Å². The first-order valence-electron chi connectivity index (χ1n) is 14.9. The molecule has 1 saturated heterocycles. The maximum absolute atomic E-state index is 12.8. The molecule has 2 heterocycles. The molecule has 1 aliphatic heterocycles. The molecule has 6 rings (SSSR count). The fourth-order valence-corrected chi connectivity index (χ4v) is 7.32. The minimum absolute atomic E-state index is 0.0303. The summed E-state index contributed by atoms with van der Waals surface area (Å²) in [6.07, 6.45) is 1.02. The van der Waals surface area contributed by atoms with Crippen LogP contribution in [-0.2, 0) is 32.6 Å². The maximum atomic E-state index is 12.8. The molecule has 0 aliphatic carbocycles. The van der Waals surface area contributed by atoms with Gasteiger partial charge in [-0.05, 0) is 46.0 Å². The van der Waals surface area contributed by atoms with Crippen molar-refractivity contribution in [3.05, 3.63) is 155 Å². The van der Waals surface area contributed by atoms with Gasteiger partial charge in [0.1, 0.15) is 0 Å². The van der Waals surface area contributed by atoms with E-state index >= 15 is 0 Å². The average Bonchev–Trinajstić information content (AvgIpc) is 3.11. The summed E-state index contributed by atoms with van der Waals surface area (Å²) in [5.74, 6) is 0.571. The van der Waals surface area contributed by atoms with Crippen molar-refractivity contribution in [2.24, 2.45) is 0 Å². The molecule has 0 radical (unpaired) electrons. The Morgan fingerprint density at radius 3 is 2.26 bits per heavy atom. The Hall–Kier alpha value is -4.03. The molecule has 10 heteroatoms. The van der Waals surface area contributed by atoms with Crippen LogP contribution in [-0.4, -0.2) is 25.4 Å². The SMILES string of the molecule is O=S(=O)(NCc1ccccc1-c1ccc([C@H]2O[C@@H](CSc3cccc[n+]3[O-])C[C@@H](c3ccc(CO)cc3)O2)cc1)c1ccccc1. The van der Waals surface area contributed by atoms with Gasteiger partial charge in [0.15, 0.2) is 12.5 Å². The van der Waals surface area contributed by atoms with E-state index in [2.05, 4.69) is 4.72 Å². The first-order chi connectivity index (χ1) is 22.4. The van der Waals surface area contributed by atoms with Crippen LogP contribution in [0.25, 0.3) is 11.1 Å². The molecular formula is C36H34N2O6S2. The minimum Gasteiger partial charge on any atom is -0.618 e. The number of pyridine rings is 1. The van der Waals surface area contributed by atoms with Gasteiger partial charge in [-0.1, -0.05) is 103 Å². The summed E-state index contributed by atoms with van der Waals surface area (Å²) >= 11 is 1.45. The average molecular weight is 655 g/mol. The van der Waals surface area contributed by atoms with Crippen molar-refractivity contribution < 1.29 is 27.7 Å². The molecule has 1 aromatic heterocycles. The van der Waals surface area contributed by atoms with Crippen LogP contribution >= 0.6 is 11.8 Å². The molecule has 0 bridgehead atoms. The number of ether oxygens (including phenoxy) is 2. The number of benzene rings is 4. The number of rotatable bonds is 11. The first-order valence-corrected chi connectivity index (χ1v) is 17.4. The van der Waals surface area contributed by atoms with Crippen molar-refractivity contribution in [1.82, 2.24) is 4.72 Å². The van der Waals surface area contributed by atoms with Gasteiger partial charge in [0.25, 0.3) is 5.03 Å². The molecule has 1 aliphatic rings. The number of aromatic nitrogens is 1. The van der Waals surface area contributed by atoms with E-state index in [9.17, 15) is 18.7 Å². The van der Waals surface area contributed by atoms with E-state index in [-0.39, 0.29) is 30.3 Å². The van der Waals surface area contributed by atoms with E-state index in [1.54, 1.807) is 42.5 Å². The van der Waals surface area contributed by atoms with Crippen molar-refractivity contribution in [3.63, 3.8) is 0 Å². The van der Waals surface area contributed by atoms with Crippen LogP contribution < -0.4 is 9.45 Å². The summed E-state index contributed by atoms with van der Waals surface area (Å²) in [7, 11) is -3.66. The highest BCUT2D eigenvalue weighted by Gasteiger charge is 2.32. The van der Waals surface area contributed by atoms with Crippen molar-refractivity contribution in [2.75, 3.05) is 5.75 Å². The third-order valence-corrected chi connectivity index (χ3v) is 10.4. The fourth-order valence-electron chi connectivity index (χ4n) is 5.36. The number of aliphatic hydroxyl groups is 1. The van der Waals surface area contributed by atoms with Crippen LogP contribution in [0.15, 0.2) is 137 Å². The summed E-state index contributed by atoms with van der Waals surface area (Å²) < 4.78 is 42.2. The Labute approximate surface area is 273 Å².